The predicted molar refractivity (Wildman–Crippen MR) is 59.3 cm³/mol. The summed E-state index contributed by atoms with van der Waals surface area (Å²) < 4.78 is 0. The molecule has 1 fully saturated rings. The fourth-order valence-corrected chi connectivity index (χ4v) is 1.92. The lowest BCUT2D eigenvalue weighted by Crippen LogP contribution is -2.24. The first-order valence-corrected chi connectivity index (χ1v) is 5.79. The monoisotopic (exact) mass is 201 g/mol. The normalized spacial score (nSPS) is 26.5. The number of alkyl halides is 1. The van der Waals surface area contributed by atoms with Gasteiger partial charge in [0.25, 0.3) is 0 Å². The molecule has 0 saturated carbocycles. The van der Waals surface area contributed by atoms with Crippen molar-refractivity contribution in [3.63, 3.8) is 0 Å². The predicted octanol–water partition coefficient (Wildman–Crippen LogP) is 2.90. The molecule has 1 heterocycles. The molecule has 0 radical (unpaired) electrons. The summed E-state index contributed by atoms with van der Waals surface area (Å²) >= 11 is 5.57. The molecule has 76 valence electrons. The molecule has 0 aromatic heterocycles. The first-order chi connectivity index (χ1) is 6.33. The Morgan fingerprint density at radius 3 is 2.92 bits per heavy atom. The molecule has 0 amide bonds. The van der Waals surface area contributed by atoms with Crippen molar-refractivity contribution in [1.82, 2.24) is 4.90 Å². The molecule has 0 aromatic carbocycles. The molecule has 1 aliphatic heterocycles. The van der Waals surface area contributed by atoms with Crippen LogP contribution in [0.4, 0.5) is 0 Å². The highest BCUT2D eigenvalue weighted by molar-refractivity contribution is 6.18. The Balaban J connectivity index is 2.21. The van der Waals surface area contributed by atoms with Crippen molar-refractivity contribution in [1.29, 1.82) is 0 Å². The van der Waals surface area contributed by atoms with Crippen molar-refractivity contribution < 1.29 is 0 Å². The van der Waals surface area contributed by atoms with Crippen LogP contribution in [0.3, 0.4) is 0 Å². The molecule has 1 rings (SSSR count). The molecule has 0 aromatic rings. The molecule has 0 bridgehead atoms. The van der Waals surface area contributed by atoms with Crippen molar-refractivity contribution in [3.05, 3.63) is 12.2 Å². The van der Waals surface area contributed by atoms with Crippen LogP contribution in [-0.2, 0) is 0 Å². The minimum Gasteiger partial charge on any atom is -0.300 e. The zero-order chi connectivity index (χ0) is 9.52. The molecule has 1 unspecified atom stereocenters. The Morgan fingerprint density at radius 1 is 1.31 bits per heavy atom. The minimum atomic E-state index is 0.643. The third kappa shape index (κ3) is 4.68. The largest absolute Gasteiger partial charge is 0.300 e. The average Bonchev–Trinajstić information content (AvgIpc) is 2.32. The van der Waals surface area contributed by atoms with Gasteiger partial charge in [-0.3, -0.25) is 4.90 Å². The van der Waals surface area contributed by atoms with Crippen LogP contribution in [0.25, 0.3) is 0 Å². The van der Waals surface area contributed by atoms with Crippen LogP contribution in [0.2, 0.25) is 0 Å². The quantitative estimate of drug-likeness (QED) is 0.502. The van der Waals surface area contributed by atoms with Gasteiger partial charge in [0.05, 0.1) is 0 Å². The Kier molecular flexibility index (Phi) is 5.49. The molecular formula is C11H20ClN. The molecule has 1 nitrogen and oxygen atoms in total. The lowest BCUT2D eigenvalue weighted by Gasteiger charge is -2.17. The van der Waals surface area contributed by atoms with Crippen molar-refractivity contribution in [2.45, 2.75) is 26.2 Å². The van der Waals surface area contributed by atoms with E-state index in [1.807, 2.05) is 6.08 Å². The second-order valence-electron chi connectivity index (χ2n) is 3.96. The standard InChI is InChI=1S/C11H20ClN/c1-11-5-4-9-13(10-6-11)8-3-2-7-12/h2-3,11H,4-10H2,1H3/b3-2+. The summed E-state index contributed by atoms with van der Waals surface area (Å²) in [6.07, 6.45) is 8.33. The van der Waals surface area contributed by atoms with E-state index in [0.717, 1.165) is 12.5 Å². The van der Waals surface area contributed by atoms with Gasteiger partial charge in [-0.1, -0.05) is 19.1 Å². The van der Waals surface area contributed by atoms with Gasteiger partial charge in [0, 0.05) is 12.4 Å². The average molecular weight is 202 g/mol. The zero-order valence-electron chi connectivity index (χ0n) is 8.51. The SMILES string of the molecule is CC1CCCN(C/C=C/CCl)CC1. The molecule has 1 saturated heterocycles. The van der Waals surface area contributed by atoms with Gasteiger partial charge in [-0.15, -0.1) is 11.6 Å². The summed E-state index contributed by atoms with van der Waals surface area (Å²) in [5.74, 6) is 1.56. The fourth-order valence-electron chi connectivity index (χ4n) is 1.79. The number of halogens is 1. The summed E-state index contributed by atoms with van der Waals surface area (Å²) in [7, 11) is 0. The second-order valence-corrected chi connectivity index (χ2v) is 4.27. The number of nitrogens with zero attached hydrogens (tertiary/aromatic N) is 1. The fraction of sp³-hybridized carbons (Fsp3) is 0.818. The second kappa shape index (κ2) is 6.44. The Hall–Kier alpha value is -0.0100. The molecule has 1 aliphatic rings. The van der Waals surface area contributed by atoms with Crippen molar-refractivity contribution in [2.24, 2.45) is 5.92 Å². The van der Waals surface area contributed by atoms with E-state index in [1.165, 1.54) is 32.4 Å². The molecule has 13 heavy (non-hydrogen) atoms. The highest BCUT2D eigenvalue weighted by atomic mass is 35.5. The number of hydrogen-bond acceptors (Lipinski definition) is 1. The number of allylic oxidation sites excluding steroid dienone is 1. The highest BCUT2D eigenvalue weighted by Crippen LogP contribution is 2.15. The molecular weight excluding hydrogens is 182 g/mol. The van der Waals surface area contributed by atoms with E-state index in [2.05, 4.69) is 17.9 Å². The first-order valence-electron chi connectivity index (χ1n) is 5.26. The smallest absolute Gasteiger partial charge is 0.0404 e. The van der Waals surface area contributed by atoms with E-state index in [4.69, 9.17) is 11.6 Å². The van der Waals surface area contributed by atoms with Crippen LogP contribution < -0.4 is 0 Å². The Bertz CT molecular complexity index is 156. The Labute approximate surface area is 86.8 Å². The van der Waals surface area contributed by atoms with Crippen molar-refractivity contribution in [3.8, 4) is 0 Å². The third-order valence-corrected chi connectivity index (χ3v) is 2.91. The molecule has 1 atom stereocenters. The maximum absolute atomic E-state index is 5.57. The van der Waals surface area contributed by atoms with Gasteiger partial charge in [0.15, 0.2) is 0 Å². The topological polar surface area (TPSA) is 3.24 Å². The molecule has 0 aliphatic carbocycles. The molecule has 0 N–H and O–H groups in total. The van der Waals surface area contributed by atoms with E-state index < -0.39 is 0 Å². The summed E-state index contributed by atoms with van der Waals surface area (Å²) in [4.78, 5) is 2.52. The van der Waals surface area contributed by atoms with Gasteiger partial charge in [-0.25, -0.2) is 0 Å². The number of hydrogen-bond donors (Lipinski definition) is 0. The van der Waals surface area contributed by atoms with Crippen LogP contribution in [0.1, 0.15) is 26.2 Å². The van der Waals surface area contributed by atoms with Crippen LogP contribution in [0.5, 0.6) is 0 Å². The maximum Gasteiger partial charge on any atom is 0.0404 e. The first kappa shape index (κ1) is 11.1. The summed E-state index contributed by atoms with van der Waals surface area (Å²) in [5.41, 5.74) is 0. The number of likely N-dealkylation sites (tertiary alicyclic amines) is 1. The van der Waals surface area contributed by atoms with Crippen LogP contribution in [0, 0.1) is 5.92 Å². The van der Waals surface area contributed by atoms with E-state index in [0.29, 0.717) is 5.88 Å². The van der Waals surface area contributed by atoms with Crippen LogP contribution in [0.15, 0.2) is 12.2 Å². The van der Waals surface area contributed by atoms with Gasteiger partial charge in [-0.05, 0) is 38.3 Å². The lowest BCUT2D eigenvalue weighted by atomic mass is 10.0. The van der Waals surface area contributed by atoms with Crippen LogP contribution >= 0.6 is 11.6 Å². The summed E-state index contributed by atoms with van der Waals surface area (Å²) in [6.45, 7) is 5.96. The van der Waals surface area contributed by atoms with Gasteiger partial charge in [0.2, 0.25) is 0 Å². The summed E-state index contributed by atoms with van der Waals surface area (Å²) in [6, 6.07) is 0. The lowest BCUT2D eigenvalue weighted by molar-refractivity contribution is 0.311. The molecule has 0 spiro atoms. The van der Waals surface area contributed by atoms with Crippen molar-refractivity contribution in [2.75, 3.05) is 25.5 Å². The van der Waals surface area contributed by atoms with Gasteiger partial charge < -0.3 is 0 Å². The minimum absolute atomic E-state index is 0.643. The zero-order valence-corrected chi connectivity index (χ0v) is 9.26. The van der Waals surface area contributed by atoms with E-state index in [-0.39, 0.29) is 0 Å². The summed E-state index contributed by atoms with van der Waals surface area (Å²) in [5, 5.41) is 0. The van der Waals surface area contributed by atoms with Gasteiger partial charge >= 0.3 is 0 Å². The van der Waals surface area contributed by atoms with Crippen molar-refractivity contribution >= 4 is 11.6 Å². The molecule has 2 heteroatoms. The Morgan fingerprint density at radius 2 is 2.15 bits per heavy atom. The third-order valence-electron chi connectivity index (χ3n) is 2.73. The highest BCUT2D eigenvalue weighted by Gasteiger charge is 2.11. The van der Waals surface area contributed by atoms with E-state index >= 15 is 0 Å². The number of rotatable bonds is 3. The maximum atomic E-state index is 5.57. The van der Waals surface area contributed by atoms with Gasteiger partial charge in [0.1, 0.15) is 0 Å². The van der Waals surface area contributed by atoms with E-state index in [9.17, 15) is 0 Å². The van der Waals surface area contributed by atoms with Crippen LogP contribution in [-0.4, -0.2) is 30.4 Å². The van der Waals surface area contributed by atoms with Gasteiger partial charge in [-0.2, -0.15) is 0 Å². The van der Waals surface area contributed by atoms with E-state index in [1.54, 1.807) is 0 Å².